The van der Waals surface area contributed by atoms with Crippen LogP contribution in [0.15, 0.2) is 29.4 Å². The molecule has 2 aliphatic rings. The third kappa shape index (κ3) is 2.91. The van der Waals surface area contributed by atoms with Gasteiger partial charge in [-0.15, -0.1) is 0 Å². The van der Waals surface area contributed by atoms with Crippen LogP contribution in [-0.2, 0) is 0 Å². The van der Waals surface area contributed by atoms with Gasteiger partial charge in [0.15, 0.2) is 0 Å². The Hall–Kier alpha value is -1.55. The van der Waals surface area contributed by atoms with Crippen molar-refractivity contribution in [1.29, 1.82) is 0 Å². The lowest BCUT2D eigenvalue weighted by Gasteiger charge is -2.35. The lowest BCUT2D eigenvalue weighted by molar-refractivity contribution is 0.296. The van der Waals surface area contributed by atoms with Crippen LogP contribution in [0.1, 0.15) is 32.1 Å². The molecule has 1 aliphatic carbocycles. The molecule has 3 rings (SSSR count). The van der Waals surface area contributed by atoms with Crippen molar-refractivity contribution in [2.75, 3.05) is 32.3 Å². The fraction of sp³-hybridized carbons (Fsp3) is 0.588. The number of ether oxygens (including phenoxy) is 1. The second-order valence-corrected chi connectivity index (χ2v) is 6.15. The third-order valence-electron chi connectivity index (χ3n) is 4.96. The molecule has 1 aliphatic heterocycles. The number of methoxy groups -OCH3 is 1. The Morgan fingerprint density at radius 2 is 1.86 bits per heavy atom. The number of hydrogen-bond acceptors (Lipinski definition) is 4. The van der Waals surface area contributed by atoms with Gasteiger partial charge in [0.1, 0.15) is 5.75 Å². The van der Waals surface area contributed by atoms with Crippen molar-refractivity contribution in [3.8, 4) is 5.75 Å². The van der Waals surface area contributed by atoms with E-state index in [2.05, 4.69) is 17.4 Å². The molecule has 0 radical (unpaired) electrons. The quantitative estimate of drug-likeness (QED) is 0.868. The summed E-state index contributed by atoms with van der Waals surface area (Å²) in [4.78, 5) is 0. The van der Waals surface area contributed by atoms with E-state index in [0.717, 1.165) is 30.9 Å². The van der Waals surface area contributed by atoms with Crippen molar-refractivity contribution in [2.45, 2.75) is 32.1 Å². The predicted octanol–water partition coefficient (Wildman–Crippen LogP) is 3.04. The molecule has 1 aromatic rings. The Morgan fingerprint density at radius 3 is 2.52 bits per heavy atom. The maximum Gasteiger partial charge on any atom is 0.119 e. The molecule has 0 unspecified atom stereocenters. The zero-order valence-electron chi connectivity index (χ0n) is 13.1. The molecule has 2 fully saturated rings. The van der Waals surface area contributed by atoms with Gasteiger partial charge < -0.3 is 10.1 Å². The summed E-state index contributed by atoms with van der Waals surface area (Å²) in [7, 11) is 3.74. The summed E-state index contributed by atoms with van der Waals surface area (Å²) in [5, 5.41) is 10.4. The van der Waals surface area contributed by atoms with Crippen molar-refractivity contribution in [3.63, 3.8) is 0 Å². The Kier molecular flexibility index (Phi) is 4.15. The highest BCUT2D eigenvalue weighted by Gasteiger charge is 2.40. The fourth-order valence-electron chi connectivity index (χ4n) is 3.64. The first kappa shape index (κ1) is 14.4. The van der Waals surface area contributed by atoms with E-state index < -0.39 is 0 Å². The van der Waals surface area contributed by atoms with E-state index in [4.69, 9.17) is 9.84 Å². The van der Waals surface area contributed by atoms with Gasteiger partial charge in [-0.25, -0.2) is 0 Å². The van der Waals surface area contributed by atoms with Gasteiger partial charge in [0, 0.05) is 18.2 Å². The molecule has 0 amide bonds. The summed E-state index contributed by atoms with van der Waals surface area (Å²) in [6, 6.07) is 8.10. The van der Waals surface area contributed by atoms with Crippen LogP contribution in [0.5, 0.6) is 5.75 Å². The first-order valence-corrected chi connectivity index (χ1v) is 7.90. The number of nitrogens with zero attached hydrogens (tertiary/aromatic N) is 2. The monoisotopic (exact) mass is 287 g/mol. The van der Waals surface area contributed by atoms with E-state index in [0.29, 0.717) is 5.41 Å². The molecule has 1 N–H and O–H groups in total. The average Bonchev–Trinajstić information content (AvgIpc) is 2.90. The van der Waals surface area contributed by atoms with Crippen molar-refractivity contribution in [3.05, 3.63) is 24.3 Å². The summed E-state index contributed by atoms with van der Waals surface area (Å²) in [5.74, 6) is 0.885. The van der Waals surface area contributed by atoms with Crippen molar-refractivity contribution in [2.24, 2.45) is 10.5 Å². The van der Waals surface area contributed by atoms with Gasteiger partial charge in [0.05, 0.1) is 12.8 Å². The highest BCUT2D eigenvalue weighted by atomic mass is 16.5. The smallest absolute Gasteiger partial charge is 0.119 e. The molecule has 4 heteroatoms. The lowest BCUT2D eigenvalue weighted by atomic mass is 9.76. The third-order valence-corrected chi connectivity index (χ3v) is 4.96. The maximum absolute atomic E-state index is 5.21. The van der Waals surface area contributed by atoms with E-state index in [1.165, 1.54) is 31.4 Å². The van der Waals surface area contributed by atoms with Gasteiger partial charge in [-0.3, -0.25) is 5.01 Å². The van der Waals surface area contributed by atoms with Gasteiger partial charge >= 0.3 is 0 Å². The van der Waals surface area contributed by atoms with Crippen LogP contribution in [-0.4, -0.2) is 33.0 Å². The minimum Gasteiger partial charge on any atom is -0.497 e. The van der Waals surface area contributed by atoms with Crippen LogP contribution in [0.3, 0.4) is 0 Å². The fourth-order valence-corrected chi connectivity index (χ4v) is 3.64. The molecule has 0 bridgehead atoms. The molecule has 1 aromatic carbocycles. The molecular weight excluding hydrogens is 262 g/mol. The number of anilines is 1. The largest absolute Gasteiger partial charge is 0.497 e. The Bertz CT molecular complexity index is 503. The molecule has 1 spiro atoms. The Balaban J connectivity index is 1.78. The average molecular weight is 287 g/mol. The molecule has 21 heavy (non-hydrogen) atoms. The highest BCUT2D eigenvalue weighted by Crippen LogP contribution is 2.43. The summed E-state index contributed by atoms with van der Waals surface area (Å²) in [5.41, 5.74) is 2.88. The van der Waals surface area contributed by atoms with Gasteiger partial charge in [-0.1, -0.05) is 0 Å². The normalized spacial score (nSPS) is 22.7. The number of nitrogens with one attached hydrogen (secondary N) is 1. The number of hydrazone groups is 1. The van der Waals surface area contributed by atoms with Crippen LogP contribution in [0.25, 0.3) is 0 Å². The number of benzene rings is 1. The van der Waals surface area contributed by atoms with Crippen LogP contribution in [0.2, 0.25) is 0 Å². The minimum atomic E-state index is 0.367. The predicted molar refractivity (Wildman–Crippen MR) is 87.2 cm³/mol. The SMILES string of the molecule is COc1ccc(N(C)/N=C2\CCCC23CCNCC3)cc1. The van der Waals surface area contributed by atoms with Crippen LogP contribution >= 0.6 is 0 Å². The zero-order valence-corrected chi connectivity index (χ0v) is 13.1. The number of hydrogen-bond donors (Lipinski definition) is 1. The van der Waals surface area contributed by atoms with E-state index >= 15 is 0 Å². The summed E-state index contributed by atoms with van der Waals surface area (Å²) in [6.07, 6.45) is 6.23. The van der Waals surface area contributed by atoms with Gasteiger partial charge in [-0.2, -0.15) is 5.10 Å². The van der Waals surface area contributed by atoms with E-state index in [1.807, 2.05) is 24.2 Å². The molecule has 1 saturated carbocycles. The molecule has 114 valence electrons. The zero-order chi connectivity index (χ0) is 14.7. The van der Waals surface area contributed by atoms with Crippen LogP contribution < -0.4 is 15.1 Å². The lowest BCUT2D eigenvalue weighted by Crippen LogP contribution is -2.40. The number of rotatable bonds is 3. The molecule has 1 heterocycles. The van der Waals surface area contributed by atoms with E-state index in [-0.39, 0.29) is 0 Å². The van der Waals surface area contributed by atoms with Crippen molar-refractivity contribution >= 4 is 11.4 Å². The van der Waals surface area contributed by atoms with Gasteiger partial charge in [-0.05, 0) is 69.5 Å². The molecular formula is C17H25N3O. The topological polar surface area (TPSA) is 36.9 Å². The van der Waals surface area contributed by atoms with Gasteiger partial charge in [0.25, 0.3) is 0 Å². The van der Waals surface area contributed by atoms with Gasteiger partial charge in [0.2, 0.25) is 0 Å². The van der Waals surface area contributed by atoms with Crippen molar-refractivity contribution < 1.29 is 4.74 Å². The number of piperidine rings is 1. The summed E-state index contributed by atoms with van der Waals surface area (Å²) < 4.78 is 5.21. The second-order valence-electron chi connectivity index (χ2n) is 6.15. The summed E-state index contributed by atoms with van der Waals surface area (Å²) in [6.45, 7) is 2.26. The molecule has 1 saturated heterocycles. The highest BCUT2D eigenvalue weighted by molar-refractivity contribution is 5.92. The summed E-state index contributed by atoms with van der Waals surface area (Å²) >= 11 is 0. The standard InChI is InChI=1S/C17H25N3O/c1-20(14-5-7-15(21-2)8-6-14)19-16-4-3-9-17(16)10-12-18-13-11-17/h5-8,18H,3-4,9-13H2,1-2H3/b19-16+. The molecule has 0 atom stereocenters. The first-order valence-electron chi connectivity index (χ1n) is 7.90. The van der Waals surface area contributed by atoms with Crippen LogP contribution in [0.4, 0.5) is 5.69 Å². The van der Waals surface area contributed by atoms with E-state index in [1.54, 1.807) is 7.11 Å². The van der Waals surface area contributed by atoms with Crippen molar-refractivity contribution in [1.82, 2.24) is 5.32 Å². The minimum absolute atomic E-state index is 0.367. The van der Waals surface area contributed by atoms with Crippen LogP contribution in [0, 0.1) is 5.41 Å². The Morgan fingerprint density at radius 1 is 1.14 bits per heavy atom. The maximum atomic E-state index is 5.21. The second kappa shape index (κ2) is 6.06. The molecule has 4 nitrogen and oxygen atoms in total. The van der Waals surface area contributed by atoms with E-state index in [9.17, 15) is 0 Å². The first-order chi connectivity index (χ1) is 10.2. The Labute approximate surface area is 127 Å². The molecule has 0 aromatic heterocycles.